The Balaban J connectivity index is 2.45. The molecule has 0 saturated carbocycles. The first-order valence-corrected chi connectivity index (χ1v) is 5.91. The van der Waals surface area contributed by atoms with Crippen molar-refractivity contribution < 1.29 is 4.74 Å². The minimum Gasteiger partial charge on any atom is -0.385 e. The van der Waals surface area contributed by atoms with Gasteiger partial charge in [0.15, 0.2) is 0 Å². The molecule has 0 aliphatic carbocycles. The van der Waals surface area contributed by atoms with Gasteiger partial charge in [0.25, 0.3) is 0 Å². The van der Waals surface area contributed by atoms with Gasteiger partial charge >= 0.3 is 0 Å². The van der Waals surface area contributed by atoms with E-state index in [1.807, 2.05) is 0 Å². The number of rotatable bonds is 5. The maximum absolute atomic E-state index is 5.48. The molecule has 0 aliphatic rings. The maximum Gasteiger partial charge on any atom is 0.221 e. The molecule has 0 aromatic carbocycles. The van der Waals surface area contributed by atoms with E-state index in [2.05, 4.69) is 25.9 Å². The Hall–Kier alpha value is -0.330. The standard InChI is InChI=1S/C8H12BrN3OS/c1-13-3-2-4-14-7-6(9)5-11-8(10)12-7/h5H,2-4H2,1H3,(H2,10,11,12). The molecule has 0 atom stereocenters. The molecule has 0 bridgehead atoms. The van der Waals surface area contributed by atoms with Crippen LogP contribution in [0.1, 0.15) is 6.42 Å². The van der Waals surface area contributed by atoms with Crippen LogP contribution in [0.4, 0.5) is 5.95 Å². The third-order valence-electron chi connectivity index (χ3n) is 1.46. The van der Waals surface area contributed by atoms with E-state index in [0.717, 1.165) is 28.3 Å². The molecule has 0 aliphatic heterocycles. The summed E-state index contributed by atoms with van der Waals surface area (Å²) in [4.78, 5) is 7.98. The van der Waals surface area contributed by atoms with Crippen molar-refractivity contribution in [1.82, 2.24) is 9.97 Å². The van der Waals surface area contributed by atoms with E-state index in [1.54, 1.807) is 25.1 Å². The van der Waals surface area contributed by atoms with Gasteiger partial charge in [0.2, 0.25) is 5.95 Å². The van der Waals surface area contributed by atoms with E-state index in [1.165, 1.54) is 0 Å². The summed E-state index contributed by atoms with van der Waals surface area (Å²) in [6.07, 6.45) is 2.67. The number of methoxy groups -OCH3 is 1. The van der Waals surface area contributed by atoms with Crippen LogP contribution in [0.5, 0.6) is 0 Å². The molecule has 1 aromatic heterocycles. The zero-order valence-electron chi connectivity index (χ0n) is 7.86. The molecule has 1 rings (SSSR count). The van der Waals surface area contributed by atoms with Crippen molar-refractivity contribution >= 4 is 33.6 Å². The summed E-state index contributed by atoms with van der Waals surface area (Å²) >= 11 is 5.01. The summed E-state index contributed by atoms with van der Waals surface area (Å²) in [5, 5.41) is 0.883. The van der Waals surface area contributed by atoms with Crippen LogP contribution in [0, 0.1) is 0 Å². The Morgan fingerprint density at radius 3 is 3.14 bits per heavy atom. The molecule has 0 spiro atoms. The first-order valence-electron chi connectivity index (χ1n) is 4.14. The zero-order valence-corrected chi connectivity index (χ0v) is 10.3. The third kappa shape index (κ3) is 3.81. The van der Waals surface area contributed by atoms with Crippen molar-refractivity contribution in [2.75, 3.05) is 25.2 Å². The lowest BCUT2D eigenvalue weighted by Crippen LogP contribution is -1.97. The minimum absolute atomic E-state index is 0.308. The van der Waals surface area contributed by atoms with Gasteiger partial charge in [-0.05, 0) is 22.4 Å². The lowest BCUT2D eigenvalue weighted by molar-refractivity contribution is 0.200. The van der Waals surface area contributed by atoms with Gasteiger partial charge in [-0.15, -0.1) is 11.8 Å². The van der Waals surface area contributed by atoms with E-state index in [-0.39, 0.29) is 0 Å². The molecule has 4 nitrogen and oxygen atoms in total. The van der Waals surface area contributed by atoms with E-state index < -0.39 is 0 Å². The van der Waals surface area contributed by atoms with Gasteiger partial charge in [0.05, 0.1) is 4.47 Å². The van der Waals surface area contributed by atoms with E-state index >= 15 is 0 Å². The van der Waals surface area contributed by atoms with Gasteiger partial charge in [0.1, 0.15) is 5.03 Å². The highest BCUT2D eigenvalue weighted by atomic mass is 79.9. The molecular weight excluding hydrogens is 266 g/mol. The molecule has 6 heteroatoms. The van der Waals surface area contributed by atoms with Crippen LogP contribution in [-0.4, -0.2) is 29.4 Å². The second kappa shape index (κ2) is 6.21. The van der Waals surface area contributed by atoms with Crippen molar-refractivity contribution in [3.63, 3.8) is 0 Å². The first-order chi connectivity index (χ1) is 6.74. The topological polar surface area (TPSA) is 61.0 Å². The zero-order chi connectivity index (χ0) is 10.4. The molecule has 0 fully saturated rings. The number of hydrogen-bond donors (Lipinski definition) is 1. The molecule has 14 heavy (non-hydrogen) atoms. The summed E-state index contributed by atoms with van der Waals surface area (Å²) in [7, 11) is 1.70. The highest BCUT2D eigenvalue weighted by molar-refractivity contribution is 9.10. The van der Waals surface area contributed by atoms with Crippen molar-refractivity contribution in [3.8, 4) is 0 Å². The van der Waals surface area contributed by atoms with Crippen molar-refractivity contribution in [2.45, 2.75) is 11.4 Å². The number of thioether (sulfide) groups is 1. The van der Waals surface area contributed by atoms with Crippen molar-refractivity contribution in [1.29, 1.82) is 0 Å². The largest absolute Gasteiger partial charge is 0.385 e. The van der Waals surface area contributed by atoms with E-state index in [9.17, 15) is 0 Å². The summed E-state index contributed by atoms with van der Waals surface area (Å²) in [6.45, 7) is 0.769. The van der Waals surface area contributed by atoms with Crippen LogP contribution in [0.3, 0.4) is 0 Å². The minimum atomic E-state index is 0.308. The molecule has 1 aromatic rings. The van der Waals surface area contributed by atoms with E-state index in [0.29, 0.717) is 5.95 Å². The van der Waals surface area contributed by atoms with Gasteiger partial charge in [-0.2, -0.15) is 0 Å². The number of nitrogens with zero attached hydrogens (tertiary/aromatic N) is 2. The average molecular weight is 278 g/mol. The summed E-state index contributed by atoms with van der Waals surface area (Å²) in [6, 6.07) is 0. The molecule has 0 amide bonds. The SMILES string of the molecule is COCCCSc1nc(N)ncc1Br. The van der Waals surface area contributed by atoms with Gasteiger partial charge in [-0.3, -0.25) is 0 Å². The number of ether oxygens (including phenoxy) is 1. The fourth-order valence-corrected chi connectivity index (χ4v) is 2.18. The predicted octanol–water partition coefficient (Wildman–Crippen LogP) is 1.95. The Morgan fingerprint density at radius 2 is 2.43 bits per heavy atom. The van der Waals surface area contributed by atoms with Gasteiger partial charge in [-0.25, -0.2) is 9.97 Å². The van der Waals surface area contributed by atoms with Crippen LogP contribution >= 0.6 is 27.7 Å². The average Bonchev–Trinajstić information content (AvgIpc) is 2.18. The Labute approximate surface area is 95.8 Å². The van der Waals surface area contributed by atoms with Crippen LogP contribution in [0.2, 0.25) is 0 Å². The fourth-order valence-electron chi connectivity index (χ4n) is 0.838. The summed E-state index contributed by atoms with van der Waals surface area (Å²) in [5.41, 5.74) is 5.48. The number of hydrogen-bond acceptors (Lipinski definition) is 5. The summed E-state index contributed by atoms with van der Waals surface area (Å²) in [5.74, 6) is 1.27. The monoisotopic (exact) mass is 277 g/mol. The molecule has 78 valence electrons. The van der Waals surface area contributed by atoms with E-state index in [4.69, 9.17) is 10.5 Å². The number of anilines is 1. The number of nitrogen functional groups attached to an aromatic ring is 1. The molecule has 0 unspecified atom stereocenters. The van der Waals surface area contributed by atoms with Crippen LogP contribution in [0.15, 0.2) is 15.7 Å². The maximum atomic E-state index is 5.48. The van der Waals surface area contributed by atoms with Crippen molar-refractivity contribution in [2.24, 2.45) is 0 Å². The van der Waals surface area contributed by atoms with Crippen LogP contribution < -0.4 is 5.73 Å². The Bertz CT molecular complexity index is 298. The van der Waals surface area contributed by atoms with Gasteiger partial charge in [0, 0.05) is 25.7 Å². The second-order valence-corrected chi connectivity index (χ2v) is 4.51. The van der Waals surface area contributed by atoms with Crippen molar-refractivity contribution in [3.05, 3.63) is 10.7 Å². The predicted molar refractivity (Wildman–Crippen MR) is 61.4 cm³/mol. The number of halogens is 1. The second-order valence-electron chi connectivity index (χ2n) is 2.58. The fraction of sp³-hybridized carbons (Fsp3) is 0.500. The van der Waals surface area contributed by atoms with Gasteiger partial charge < -0.3 is 10.5 Å². The highest BCUT2D eigenvalue weighted by Crippen LogP contribution is 2.25. The first kappa shape index (κ1) is 11.7. The Morgan fingerprint density at radius 1 is 1.64 bits per heavy atom. The molecule has 2 N–H and O–H groups in total. The smallest absolute Gasteiger partial charge is 0.221 e. The van der Waals surface area contributed by atoms with Gasteiger partial charge in [-0.1, -0.05) is 0 Å². The molecule has 0 radical (unpaired) electrons. The Kier molecular flexibility index (Phi) is 5.21. The van der Waals surface area contributed by atoms with Crippen LogP contribution in [0.25, 0.3) is 0 Å². The number of aromatic nitrogens is 2. The normalized spacial score (nSPS) is 10.4. The number of nitrogens with two attached hydrogens (primary N) is 1. The lowest BCUT2D eigenvalue weighted by atomic mass is 10.5. The lowest BCUT2D eigenvalue weighted by Gasteiger charge is -2.03. The third-order valence-corrected chi connectivity index (χ3v) is 3.38. The molecule has 0 saturated heterocycles. The highest BCUT2D eigenvalue weighted by Gasteiger charge is 2.03. The summed E-state index contributed by atoms with van der Waals surface area (Å²) < 4.78 is 5.83. The molecule has 1 heterocycles. The quantitative estimate of drug-likeness (QED) is 0.507. The van der Waals surface area contributed by atoms with Crippen LogP contribution in [-0.2, 0) is 4.74 Å². The molecular formula is C8H12BrN3OS.